The van der Waals surface area contributed by atoms with E-state index in [1.807, 2.05) is 0 Å². The van der Waals surface area contributed by atoms with Crippen molar-refractivity contribution < 1.29 is 9.53 Å². The van der Waals surface area contributed by atoms with Crippen molar-refractivity contribution in [2.24, 2.45) is 5.73 Å². The summed E-state index contributed by atoms with van der Waals surface area (Å²) in [6.45, 7) is 2.17. The fourth-order valence-electron chi connectivity index (χ4n) is 2.30. The van der Waals surface area contributed by atoms with Gasteiger partial charge >= 0.3 is 0 Å². The van der Waals surface area contributed by atoms with Crippen LogP contribution >= 0.6 is 0 Å². The molecular formula is C14H28N2O2. The van der Waals surface area contributed by atoms with Crippen LogP contribution in [0.15, 0.2) is 0 Å². The van der Waals surface area contributed by atoms with Crippen molar-refractivity contribution in [1.29, 1.82) is 0 Å². The molecule has 1 rings (SSSR count). The van der Waals surface area contributed by atoms with Gasteiger partial charge < -0.3 is 15.8 Å². The van der Waals surface area contributed by atoms with E-state index in [0.29, 0.717) is 19.1 Å². The fourth-order valence-corrected chi connectivity index (χ4v) is 2.30. The van der Waals surface area contributed by atoms with E-state index in [0.717, 1.165) is 32.4 Å². The lowest BCUT2D eigenvalue weighted by Crippen LogP contribution is -2.26. The van der Waals surface area contributed by atoms with Gasteiger partial charge in [0.05, 0.1) is 6.10 Å². The minimum atomic E-state index is 0.140. The number of carbonyl (C=O) groups excluding carboxylic acids is 1. The van der Waals surface area contributed by atoms with Gasteiger partial charge in [0.25, 0.3) is 0 Å². The number of hydrogen-bond acceptors (Lipinski definition) is 3. The topological polar surface area (TPSA) is 64.4 Å². The molecule has 1 saturated carbocycles. The third-order valence-electron chi connectivity index (χ3n) is 3.41. The molecule has 0 aromatic rings. The van der Waals surface area contributed by atoms with Crippen LogP contribution in [0.25, 0.3) is 0 Å². The number of hydrogen-bond donors (Lipinski definition) is 2. The molecule has 0 atom stereocenters. The molecule has 4 nitrogen and oxygen atoms in total. The Morgan fingerprint density at radius 2 is 1.94 bits per heavy atom. The molecule has 1 aliphatic carbocycles. The highest BCUT2D eigenvalue weighted by atomic mass is 16.5. The summed E-state index contributed by atoms with van der Waals surface area (Å²) >= 11 is 0. The largest absolute Gasteiger partial charge is 0.378 e. The molecule has 106 valence electrons. The lowest BCUT2D eigenvalue weighted by Gasteiger charge is -2.21. The van der Waals surface area contributed by atoms with Gasteiger partial charge in [-0.2, -0.15) is 0 Å². The normalized spacial score (nSPS) is 16.7. The van der Waals surface area contributed by atoms with E-state index in [9.17, 15) is 4.79 Å². The van der Waals surface area contributed by atoms with Gasteiger partial charge in [0.1, 0.15) is 0 Å². The molecular weight excluding hydrogens is 228 g/mol. The van der Waals surface area contributed by atoms with Crippen LogP contribution in [0.2, 0.25) is 0 Å². The van der Waals surface area contributed by atoms with Gasteiger partial charge in [-0.15, -0.1) is 0 Å². The first-order valence-corrected chi connectivity index (χ1v) is 7.41. The second kappa shape index (κ2) is 10.3. The highest BCUT2D eigenvalue weighted by Crippen LogP contribution is 2.20. The van der Waals surface area contributed by atoms with E-state index < -0.39 is 0 Å². The maximum Gasteiger partial charge on any atom is 0.219 e. The van der Waals surface area contributed by atoms with E-state index in [2.05, 4.69) is 5.32 Å². The molecule has 0 saturated heterocycles. The predicted octanol–water partition coefficient (Wildman–Crippen LogP) is 1.97. The Bertz CT molecular complexity index is 216. The van der Waals surface area contributed by atoms with Crippen molar-refractivity contribution in [1.82, 2.24) is 5.32 Å². The molecule has 0 unspecified atom stereocenters. The summed E-state index contributed by atoms with van der Waals surface area (Å²) in [5.74, 6) is 0.140. The van der Waals surface area contributed by atoms with E-state index in [1.165, 1.54) is 32.1 Å². The number of ether oxygens (including phenoxy) is 1. The number of carbonyl (C=O) groups is 1. The van der Waals surface area contributed by atoms with E-state index >= 15 is 0 Å². The number of nitrogens with one attached hydrogen (secondary N) is 1. The maximum absolute atomic E-state index is 11.4. The summed E-state index contributed by atoms with van der Waals surface area (Å²) in [7, 11) is 0. The van der Waals surface area contributed by atoms with Crippen LogP contribution < -0.4 is 11.1 Å². The van der Waals surface area contributed by atoms with E-state index in [-0.39, 0.29) is 5.91 Å². The second-order valence-corrected chi connectivity index (χ2v) is 5.08. The van der Waals surface area contributed by atoms with Gasteiger partial charge in [0.2, 0.25) is 5.91 Å². The van der Waals surface area contributed by atoms with Crippen LogP contribution in [0.4, 0.5) is 0 Å². The smallest absolute Gasteiger partial charge is 0.219 e. The molecule has 0 aromatic carbocycles. The van der Waals surface area contributed by atoms with Crippen molar-refractivity contribution in [2.75, 3.05) is 19.7 Å². The lowest BCUT2D eigenvalue weighted by atomic mass is 9.98. The molecule has 18 heavy (non-hydrogen) atoms. The zero-order valence-electron chi connectivity index (χ0n) is 11.5. The molecule has 0 bridgehead atoms. The summed E-state index contributed by atoms with van der Waals surface area (Å²) < 4.78 is 5.80. The summed E-state index contributed by atoms with van der Waals surface area (Å²) in [6.07, 6.45) is 10.2. The van der Waals surface area contributed by atoms with Gasteiger partial charge in [-0.1, -0.05) is 19.3 Å². The first kappa shape index (κ1) is 15.4. The maximum atomic E-state index is 11.4. The SMILES string of the molecule is NCCCCC(=O)NCCCOC1CCCCC1. The number of unbranched alkanes of at least 4 members (excludes halogenated alkanes) is 1. The average molecular weight is 256 g/mol. The predicted molar refractivity (Wildman–Crippen MR) is 73.4 cm³/mol. The van der Waals surface area contributed by atoms with Crippen LogP contribution in [-0.4, -0.2) is 31.7 Å². The van der Waals surface area contributed by atoms with Gasteiger partial charge in [0, 0.05) is 19.6 Å². The molecule has 0 aromatic heterocycles. The van der Waals surface area contributed by atoms with Crippen LogP contribution in [0.5, 0.6) is 0 Å². The monoisotopic (exact) mass is 256 g/mol. The highest BCUT2D eigenvalue weighted by Gasteiger charge is 2.12. The fraction of sp³-hybridized carbons (Fsp3) is 0.929. The first-order valence-electron chi connectivity index (χ1n) is 7.41. The summed E-state index contributed by atoms with van der Waals surface area (Å²) in [5, 5.41) is 2.92. The van der Waals surface area contributed by atoms with Crippen molar-refractivity contribution in [2.45, 2.75) is 63.9 Å². The van der Waals surface area contributed by atoms with Crippen molar-refractivity contribution in [3.05, 3.63) is 0 Å². The number of rotatable bonds is 9. The molecule has 4 heteroatoms. The average Bonchev–Trinajstić information content (AvgIpc) is 2.40. The highest BCUT2D eigenvalue weighted by molar-refractivity contribution is 5.75. The van der Waals surface area contributed by atoms with Crippen molar-refractivity contribution in [3.8, 4) is 0 Å². The van der Waals surface area contributed by atoms with Gasteiger partial charge in [-0.3, -0.25) is 4.79 Å². The Kier molecular flexibility index (Phi) is 8.86. The Hall–Kier alpha value is -0.610. The van der Waals surface area contributed by atoms with Crippen molar-refractivity contribution >= 4 is 5.91 Å². The third-order valence-corrected chi connectivity index (χ3v) is 3.41. The molecule has 1 aliphatic rings. The molecule has 0 aliphatic heterocycles. The van der Waals surface area contributed by atoms with Crippen LogP contribution in [0, 0.1) is 0 Å². The molecule has 1 amide bonds. The molecule has 0 spiro atoms. The van der Waals surface area contributed by atoms with Gasteiger partial charge in [-0.25, -0.2) is 0 Å². The van der Waals surface area contributed by atoms with Crippen LogP contribution in [0.1, 0.15) is 57.8 Å². The lowest BCUT2D eigenvalue weighted by molar-refractivity contribution is -0.121. The van der Waals surface area contributed by atoms with Crippen LogP contribution in [-0.2, 0) is 9.53 Å². The zero-order valence-corrected chi connectivity index (χ0v) is 11.5. The number of nitrogens with two attached hydrogens (primary N) is 1. The Morgan fingerprint density at radius 3 is 2.67 bits per heavy atom. The van der Waals surface area contributed by atoms with Crippen LogP contribution in [0.3, 0.4) is 0 Å². The summed E-state index contributed by atoms with van der Waals surface area (Å²) in [4.78, 5) is 11.4. The summed E-state index contributed by atoms with van der Waals surface area (Å²) in [6, 6.07) is 0. The Balaban J connectivity index is 1.86. The Morgan fingerprint density at radius 1 is 1.17 bits per heavy atom. The number of amides is 1. The zero-order chi connectivity index (χ0) is 13.1. The third kappa shape index (κ3) is 7.67. The van der Waals surface area contributed by atoms with Crippen molar-refractivity contribution in [3.63, 3.8) is 0 Å². The minimum absolute atomic E-state index is 0.140. The van der Waals surface area contributed by atoms with Gasteiger partial charge in [-0.05, 0) is 38.6 Å². The molecule has 0 heterocycles. The molecule has 1 fully saturated rings. The van der Waals surface area contributed by atoms with Gasteiger partial charge in [0.15, 0.2) is 0 Å². The molecule has 0 radical (unpaired) electrons. The first-order chi connectivity index (χ1) is 8.83. The summed E-state index contributed by atoms with van der Waals surface area (Å²) in [5.41, 5.74) is 5.38. The minimum Gasteiger partial charge on any atom is -0.378 e. The Labute approximate surface area is 111 Å². The quantitative estimate of drug-likeness (QED) is 0.620. The molecule has 3 N–H and O–H groups in total. The standard InChI is InChI=1S/C14H28N2O2/c15-10-5-4-9-14(17)16-11-6-12-18-13-7-2-1-3-8-13/h13H,1-12,15H2,(H,16,17). The van der Waals surface area contributed by atoms with E-state index in [4.69, 9.17) is 10.5 Å². The van der Waals surface area contributed by atoms with E-state index in [1.54, 1.807) is 0 Å². The second-order valence-electron chi connectivity index (χ2n) is 5.08.